The fourth-order valence-electron chi connectivity index (χ4n) is 5.02. The zero-order valence-electron chi connectivity index (χ0n) is 24.6. The van der Waals surface area contributed by atoms with Crippen LogP contribution in [-0.2, 0) is 20.7 Å². The van der Waals surface area contributed by atoms with Gasteiger partial charge in [0, 0.05) is 28.9 Å². The fourth-order valence-corrected chi connectivity index (χ4v) is 5.20. The second-order valence-corrected chi connectivity index (χ2v) is 11.7. The van der Waals surface area contributed by atoms with E-state index in [1.54, 1.807) is 69.3 Å². The second-order valence-electron chi connectivity index (χ2n) is 11.2. The predicted octanol–water partition coefficient (Wildman–Crippen LogP) is 4.75. The molecule has 0 bridgehead atoms. The van der Waals surface area contributed by atoms with Crippen LogP contribution in [0.4, 0.5) is 5.69 Å². The van der Waals surface area contributed by atoms with E-state index in [0.29, 0.717) is 38.7 Å². The number of halogens is 1. The zero-order valence-corrected chi connectivity index (χ0v) is 25.4. The summed E-state index contributed by atoms with van der Waals surface area (Å²) in [6.07, 6.45) is 4.52. The van der Waals surface area contributed by atoms with E-state index in [1.165, 1.54) is 40.2 Å². The number of rotatable bonds is 7. The molecule has 0 saturated heterocycles. The molecule has 0 fully saturated rings. The topological polar surface area (TPSA) is 157 Å². The highest BCUT2D eigenvalue weighted by Crippen LogP contribution is 2.34. The molecule has 0 saturated carbocycles. The molecule has 1 aromatic heterocycles. The van der Waals surface area contributed by atoms with Gasteiger partial charge in [-0.3, -0.25) is 9.59 Å². The number of amides is 2. The maximum Gasteiger partial charge on any atom is 0.338 e. The highest BCUT2D eigenvalue weighted by atomic mass is 35.5. The van der Waals surface area contributed by atoms with Gasteiger partial charge in [0.15, 0.2) is 0 Å². The van der Waals surface area contributed by atoms with Crippen molar-refractivity contribution < 1.29 is 29.0 Å². The Labute approximate surface area is 263 Å². The zero-order chi connectivity index (χ0) is 32.3. The average molecular weight is 629 g/mol. The van der Waals surface area contributed by atoms with E-state index in [0.717, 1.165) is 0 Å². The molecule has 4 aromatic rings. The first kappa shape index (κ1) is 31.1. The Kier molecular flexibility index (Phi) is 8.77. The Bertz CT molecular complexity index is 1800. The number of tetrazole rings is 1. The maximum atomic E-state index is 13.9. The van der Waals surface area contributed by atoms with Crippen molar-refractivity contribution in [1.29, 1.82) is 0 Å². The van der Waals surface area contributed by atoms with Crippen molar-refractivity contribution >= 4 is 47.1 Å². The second kappa shape index (κ2) is 12.7. The van der Waals surface area contributed by atoms with E-state index < -0.39 is 35.4 Å². The number of nitrogens with one attached hydrogen (secondary N) is 1. The van der Waals surface area contributed by atoms with E-state index in [9.17, 15) is 24.3 Å². The predicted molar refractivity (Wildman–Crippen MR) is 165 cm³/mol. The largest absolute Gasteiger partial charge is 0.478 e. The number of nitrogens with zero attached hydrogens (tertiary/aromatic N) is 5. The van der Waals surface area contributed by atoms with Gasteiger partial charge >= 0.3 is 11.9 Å². The van der Waals surface area contributed by atoms with Crippen molar-refractivity contribution in [1.82, 2.24) is 25.1 Å². The van der Waals surface area contributed by atoms with Crippen molar-refractivity contribution in [3.8, 4) is 5.69 Å². The summed E-state index contributed by atoms with van der Waals surface area (Å²) in [4.78, 5) is 53.3. The minimum Gasteiger partial charge on any atom is -0.478 e. The van der Waals surface area contributed by atoms with E-state index in [2.05, 4.69) is 20.8 Å². The monoisotopic (exact) mass is 628 g/mol. The summed E-state index contributed by atoms with van der Waals surface area (Å²) in [6.45, 7) is 5.39. The number of ether oxygens (including phenoxy) is 1. The van der Waals surface area contributed by atoms with Gasteiger partial charge < -0.3 is 20.1 Å². The summed E-state index contributed by atoms with van der Waals surface area (Å²) in [5.41, 5.74) is 2.10. The van der Waals surface area contributed by atoms with Gasteiger partial charge in [0.1, 0.15) is 18.0 Å². The van der Waals surface area contributed by atoms with Gasteiger partial charge in [-0.1, -0.05) is 23.7 Å². The Morgan fingerprint density at radius 1 is 1.07 bits per heavy atom. The smallest absolute Gasteiger partial charge is 0.338 e. The number of esters is 1. The molecular weight excluding hydrogens is 600 g/mol. The van der Waals surface area contributed by atoms with Crippen molar-refractivity contribution in [2.24, 2.45) is 0 Å². The van der Waals surface area contributed by atoms with Crippen LogP contribution in [0.5, 0.6) is 0 Å². The molecule has 2 heterocycles. The summed E-state index contributed by atoms with van der Waals surface area (Å²) < 4.78 is 6.82. The summed E-state index contributed by atoms with van der Waals surface area (Å²) in [5, 5.41) is 24.3. The van der Waals surface area contributed by atoms with Gasteiger partial charge in [-0.15, -0.1) is 5.10 Å². The van der Waals surface area contributed by atoms with Crippen LogP contribution < -0.4 is 5.32 Å². The molecule has 230 valence electrons. The lowest BCUT2D eigenvalue weighted by Gasteiger charge is -2.36. The molecular formula is C32H29ClN6O6. The Morgan fingerprint density at radius 3 is 2.49 bits per heavy atom. The summed E-state index contributed by atoms with van der Waals surface area (Å²) in [7, 11) is 0. The maximum absolute atomic E-state index is 13.9. The Morgan fingerprint density at radius 2 is 1.82 bits per heavy atom. The first-order chi connectivity index (χ1) is 21.4. The minimum atomic E-state index is -1.14. The van der Waals surface area contributed by atoms with Gasteiger partial charge in [0.2, 0.25) is 5.91 Å². The van der Waals surface area contributed by atoms with Crippen molar-refractivity contribution in [2.75, 3.05) is 11.9 Å². The first-order valence-corrected chi connectivity index (χ1v) is 14.3. The van der Waals surface area contributed by atoms with Gasteiger partial charge in [-0.25, -0.2) is 9.59 Å². The van der Waals surface area contributed by atoms with Gasteiger partial charge in [0.05, 0.1) is 16.8 Å². The molecule has 2 N–H and O–H groups in total. The molecule has 45 heavy (non-hydrogen) atoms. The van der Waals surface area contributed by atoms with Gasteiger partial charge in [0.25, 0.3) is 5.91 Å². The van der Waals surface area contributed by atoms with Crippen LogP contribution in [0.25, 0.3) is 11.8 Å². The van der Waals surface area contributed by atoms with Crippen LogP contribution in [0.2, 0.25) is 5.02 Å². The molecule has 1 aliphatic rings. The summed E-state index contributed by atoms with van der Waals surface area (Å²) in [5.74, 6) is -2.67. The molecule has 5 rings (SSSR count). The molecule has 1 aliphatic heterocycles. The lowest BCUT2D eigenvalue weighted by atomic mass is 9.88. The van der Waals surface area contributed by atoms with E-state index >= 15 is 0 Å². The van der Waals surface area contributed by atoms with Crippen LogP contribution in [0.1, 0.15) is 64.2 Å². The molecule has 13 heteroatoms. The molecule has 1 unspecified atom stereocenters. The Balaban J connectivity index is 1.45. The fraction of sp³-hybridized carbons (Fsp3) is 0.219. The van der Waals surface area contributed by atoms with Crippen LogP contribution in [0.15, 0.2) is 73.1 Å². The first-order valence-electron chi connectivity index (χ1n) is 13.9. The quantitative estimate of drug-likeness (QED) is 0.218. The lowest BCUT2D eigenvalue weighted by molar-refractivity contribution is -0.135. The molecule has 12 nitrogen and oxygen atoms in total. The van der Waals surface area contributed by atoms with Gasteiger partial charge in [-0.2, -0.15) is 4.68 Å². The number of carbonyl (C=O) groups is 4. The third-order valence-corrected chi connectivity index (χ3v) is 7.20. The summed E-state index contributed by atoms with van der Waals surface area (Å²) in [6, 6.07) is 14.7. The molecule has 0 spiro atoms. The number of aromatic nitrogens is 4. The Hall–Kier alpha value is -5.36. The average Bonchev–Trinajstić information content (AvgIpc) is 3.53. The van der Waals surface area contributed by atoms with Crippen LogP contribution in [-0.4, -0.2) is 66.1 Å². The lowest BCUT2D eigenvalue weighted by Crippen LogP contribution is -2.45. The molecule has 0 aliphatic carbocycles. The number of carboxylic acid groups (broad SMARTS) is 1. The number of carboxylic acids is 1. The van der Waals surface area contributed by atoms with Gasteiger partial charge in [-0.05, 0) is 103 Å². The third kappa shape index (κ3) is 7.07. The SMILES string of the molecule is CC(C)(C)OC(=O)c1ccc(NC(=O)C2c3cccc(C(=O)O)c3CCN2C(=O)C=Cc2cc(Cl)ccc2-n2cnnn2)cc1. The van der Waals surface area contributed by atoms with E-state index in [4.69, 9.17) is 16.3 Å². The number of benzene rings is 3. The number of anilines is 1. The molecule has 2 amide bonds. The normalized spacial score (nSPS) is 14.6. The third-order valence-electron chi connectivity index (χ3n) is 6.96. The van der Waals surface area contributed by atoms with Crippen LogP contribution in [0.3, 0.4) is 0 Å². The number of hydrogen-bond donors (Lipinski definition) is 2. The van der Waals surface area contributed by atoms with Crippen molar-refractivity contribution in [2.45, 2.75) is 38.8 Å². The highest BCUT2D eigenvalue weighted by Gasteiger charge is 2.37. The molecule has 3 aromatic carbocycles. The summed E-state index contributed by atoms with van der Waals surface area (Å²) >= 11 is 6.22. The van der Waals surface area contributed by atoms with Crippen LogP contribution >= 0.6 is 11.6 Å². The number of fused-ring (bicyclic) bond motifs is 1. The highest BCUT2D eigenvalue weighted by molar-refractivity contribution is 6.30. The van der Waals surface area contributed by atoms with Crippen molar-refractivity contribution in [3.63, 3.8) is 0 Å². The number of hydrogen-bond acceptors (Lipinski definition) is 8. The van der Waals surface area contributed by atoms with Crippen molar-refractivity contribution in [3.05, 3.63) is 106 Å². The molecule has 1 atom stereocenters. The minimum absolute atomic E-state index is 0.0691. The standard InChI is InChI=1S/C32H29ClN6O6/c1-32(2,3)45-31(44)19-7-11-22(12-8-19)35-29(41)28-24-5-4-6-25(30(42)43)23(24)15-16-38(28)27(40)14-9-20-17-21(33)10-13-26(20)39-18-34-36-37-39/h4-14,17-18,28H,15-16H2,1-3H3,(H,35,41)(H,42,43). The molecule has 0 radical (unpaired) electrons. The van der Waals surface area contributed by atoms with E-state index in [-0.39, 0.29) is 18.5 Å². The van der Waals surface area contributed by atoms with E-state index in [1.807, 2.05) is 0 Å². The number of aromatic carboxylic acids is 1. The van der Waals surface area contributed by atoms with Crippen LogP contribution in [0, 0.1) is 0 Å². The number of carbonyl (C=O) groups excluding carboxylic acids is 3.